The van der Waals surface area contributed by atoms with E-state index in [0.717, 1.165) is 69.6 Å². The molecule has 144 valence electrons. The molecule has 3 aliphatic rings. The second-order valence-electron chi connectivity index (χ2n) is 7.70. The third kappa shape index (κ3) is 4.06. The Morgan fingerprint density at radius 3 is 2.89 bits per heavy atom. The lowest BCUT2D eigenvalue weighted by Crippen LogP contribution is -2.37. The lowest BCUT2D eigenvalue weighted by molar-refractivity contribution is 0.122. The van der Waals surface area contributed by atoms with Crippen LogP contribution in [0.5, 0.6) is 0 Å². The molecule has 0 radical (unpaired) electrons. The largest absolute Gasteiger partial charge is 0.378 e. The van der Waals surface area contributed by atoms with E-state index in [4.69, 9.17) is 14.2 Å². The molecule has 8 heteroatoms. The lowest BCUT2D eigenvalue weighted by atomic mass is 10.2. The van der Waals surface area contributed by atoms with Crippen LogP contribution in [0.1, 0.15) is 36.6 Å². The Kier molecular flexibility index (Phi) is 4.67. The van der Waals surface area contributed by atoms with Gasteiger partial charge in [0.05, 0.1) is 18.9 Å². The second kappa shape index (κ2) is 7.44. The Bertz CT molecular complexity index is 771. The zero-order valence-electron chi connectivity index (χ0n) is 15.5. The molecule has 1 unspecified atom stereocenters. The fraction of sp³-hybridized carbons (Fsp3) is 0.632. The van der Waals surface area contributed by atoms with E-state index < -0.39 is 0 Å². The van der Waals surface area contributed by atoms with Gasteiger partial charge in [-0.3, -0.25) is 4.90 Å². The highest BCUT2D eigenvalue weighted by Gasteiger charge is 2.29. The number of anilines is 2. The van der Waals surface area contributed by atoms with Gasteiger partial charge in [-0.2, -0.15) is 4.98 Å². The SMILES string of the molecule is c1cc(N2CCOCC2)nc(NC2CCN(Cc3cc(C4CC4)on3)C2)n1. The summed E-state index contributed by atoms with van der Waals surface area (Å²) < 4.78 is 10.9. The third-order valence-electron chi connectivity index (χ3n) is 5.52. The number of rotatable bonds is 6. The molecule has 5 rings (SSSR count). The highest BCUT2D eigenvalue weighted by Crippen LogP contribution is 2.40. The maximum absolute atomic E-state index is 5.47. The first-order valence-corrected chi connectivity index (χ1v) is 9.93. The Hall–Kier alpha value is -2.19. The summed E-state index contributed by atoms with van der Waals surface area (Å²) in [5.74, 6) is 3.37. The molecule has 2 aromatic rings. The standard InChI is InChI=1S/C19H26N6O2/c1-2-14(1)17-11-16(23-27-17)13-24-6-4-15(12-24)21-19-20-5-3-18(22-19)25-7-9-26-10-8-25/h3,5,11,14-15H,1-2,4,6-10,12-13H2,(H,20,21,22). The molecule has 0 bridgehead atoms. The molecule has 2 aliphatic heterocycles. The molecule has 0 amide bonds. The van der Waals surface area contributed by atoms with Crippen LogP contribution in [-0.2, 0) is 11.3 Å². The molecule has 8 nitrogen and oxygen atoms in total. The van der Waals surface area contributed by atoms with E-state index in [-0.39, 0.29) is 0 Å². The predicted molar refractivity (Wildman–Crippen MR) is 101 cm³/mol. The summed E-state index contributed by atoms with van der Waals surface area (Å²) in [5.41, 5.74) is 1.04. The van der Waals surface area contributed by atoms with E-state index in [1.807, 2.05) is 12.3 Å². The Morgan fingerprint density at radius 2 is 2.04 bits per heavy atom. The number of morpholine rings is 1. The van der Waals surface area contributed by atoms with Crippen LogP contribution in [0.2, 0.25) is 0 Å². The summed E-state index contributed by atoms with van der Waals surface area (Å²) in [4.78, 5) is 13.8. The van der Waals surface area contributed by atoms with E-state index >= 15 is 0 Å². The average molecular weight is 370 g/mol. The first-order chi connectivity index (χ1) is 13.3. The average Bonchev–Trinajstić information content (AvgIpc) is 3.31. The van der Waals surface area contributed by atoms with Gasteiger partial charge in [-0.05, 0) is 25.3 Å². The number of hydrogen-bond donors (Lipinski definition) is 1. The topological polar surface area (TPSA) is 79.5 Å². The fourth-order valence-electron chi connectivity index (χ4n) is 3.86. The van der Waals surface area contributed by atoms with Crippen LogP contribution in [0.4, 0.5) is 11.8 Å². The van der Waals surface area contributed by atoms with Gasteiger partial charge in [0.2, 0.25) is 5.95 Å². The zero-order valence-corrected chi connectivity index (χ0v) is 15.5. The van der Waals surface area contributed by atoms with Gasteiger partial charge in [0.15, 0.2) is 0 Å². The number of nitrogens with zero attached hydrogens (tertiary/aromatic N) is 5. The van der Waals surface area contributed by atoms with E-state index in [1.54, 1.807) is 0 Å². The van der Waals surface area contributed by atoms with Crippen LogP contribution in [0.15, 0.2) is 22.9 Å². The minimum Gasteiger partial charge on any atom is -0.378 e. The molecule has 2 saturated heterocycles. The van der Waals surface area contributed by atoms with Crippen molar-refractivity contribution in [1.29, 1.82) is 0 Å². The van der Waals surface area contributed by atoms with Gasteiger partial charge in [0, 0.05) is 56.9 Å². The van der Waals surface area contributed by atoms with Crippen LogP contribution < -0.4 is 10.2 Å². The molecule has 0 spiro atoms. The molecular weight excluding hydrogens is 344 g/mol. The molecule has 1 atom stereocenters. The third-order valence-corrected chi connectivity index (χ3v) is 5.52. The summed E-state index contributed by atoms with van der Waals surface area (Å²) in [6.07, 6.45) is 5.40. The van der Waals surface area contributed by atoms with Crippen molar-refractivity contribution in [3.63, 3.8) is 0 Å². The Balaban J connectivity index is 1.16. The van der Waals surface area contributed by atoms with Gasteiger partial charge >= 0.3 is 0 Å². The van der Waals surface area contributed by atoms with Crippen molar-refractivity contribution in [1.82, 2.24) is 20.0 Å². The van der Waals surface area contributed by atoms with Crippen molar-refractivity contribution >= 4 is 11.8 Å². The maximum Gasteiger partial charge on any atom is 0.224 e. The monoisotopic (exact) mass is 370 g/mol. The molecule has 0 aromatic carbocycles. The Morgan fingerprint density at radius 1 is 1.15 bits per heavy atom. The van der Waals surface area contributed by atoms with Crippen molar-refractivity contribution in [3.8, 4) is 0 Å². The van der Waals surface area contributed by atoms with Crippen molar-refractivity contribution in [3.05, 3.63) is 29.8 Å². The van der Waals surface area contributed by atoms with Gasteiger partial charge in [-0.15, -0.1) is 0 Å². The highest BCUT2D eigenvalue weighted by atomic mass is 16.5. The van der Waals surface area contributed by atoms with Gasteiger partial charge in [-0.25, -0.2) is 4.98 Å². The van der Waals surface area contributed by atoms with Crippen molar-refractivity contribution in [2.75, 3.05) is 49.6 Å². The Labute approximate surface area is 158 Å². The molecule has 1 aliphatic carbocycles. The summed E-state index contributed by atoms with van der Waals surface area (Å²) in [6.45, 7) is 6.15. The zero-order chi connectivity index (χ0) is 18.1. The van der Waals surface area contributed by atoms with Gasteiger partial charge in [0.1, 0.15) is 11.6 Å². The normalized spacial score (nSPS) is 23.7. The summed E-state index contributed by atoms with van der Waals surface area (Å²) in [6, 6.07) is 4.46. The number of aromatic nitrogens is 3. The molecule has 4 heterocycles. The minimum atomic E-state index is 0.361. The number of nitrogens with one attached hydrogen (secondary N) is 1. The van der Waals surface area contributed by atoms with E-state index in [2.05, 4.69) is 31.3 Å². The first-order valence-electron chi connectivity index (χ1n) is 9.93. The fourth-order valence-corrected chi connectivity index (χ4v) is 3.86. The van der Waals surface area contributed by atoms with E-state index in [9.17, 15) is 0 Å². The summed E-state index contributed by atoms with van der Waals surface area (Å²) in [5, 5.41) is 7.74. The molecule has 27 heavy (non-hydrogen) atoms. The van der Waals surface area contributed by atoms with Crippen molar-refractivity contribution in [2.24, 2.45) is 0 Å². The molecule has 1 N–H and O–H groups in total. The van der Waals surface area contributed by atoms with Crippen LogP contribution in [0.3, 0.4) is 0 Å². The van der Waals surface area contributed by atoms with Crippen LogP contribution in [0.25, 0.3) is 0 Å². The second-order valence-corrected chi connectivity index (χ2v) is 7.70. The van der Waals surface area contributed by atoms with Crippen LogP contribution in [-0.4, -0.2) is 65.5 Å². The van der Waals surface area contributed by atoms with E-state index in [0.29, 0.717) is 17.9 Å². The molecule has 2 aromatic heterocycles. The van der Waals surface area contributed by atoms with Crippen LogP contribution >= 0.6 is 0 Å². The first kappa shape index (κ1) is 16.9. The van der Waals surface area contributed by atoms with Gasteiger partial charge < -0.3 is 19.5 Å². The quantitative estimate of drug-likeness (QED) is 0.825. The van der Waals surface area contributed by atoms with Gasteiger partial charge in [-0.1, -0.05) is 5.16 Å². The van der Waals surface area contributed by atoms with E-state index in [1.165, 1.54) is 12.8 Å². The maximum atomic E-state index is 5.47. The molecule has 3 fully saturated rings. The van der Waals surface area contributed by atoms with Gasteiger partial charge in [0.25, 0.3) is 0 Å². The predicted octanol–water partition coefficient (Wildman–Crippen LogP) is 1.86. The number of hydrogen-bond acceptors (Lipinski definition) is 8. The van der Waals surface area contributed by atoms with Crippen molar-refractivity contribution in [2.45, 2.75) is 37.8 Å². The highest BCUT2D eigenvalue weighted by molar-refractivity contribution is 5.43. The van der Waals surface area contributed by atoms with Crippen molar-refractivity contribution < 1.29 is 9.26 Å². The number of likely N-dealkylation sites (tertiary alicyclic amines) is 1. The number of ether oxygens (including phenoxy) is 1. The summed E-state index contributed by atoms with van der Waals surface area (Å²) in [7, 11) is 0. The summed E-state index contributed by atoms with van der Waals surface area (Å²) >= 11 is 0. The minimum absolute atomic E-state index is 0.361. The molecular formula is C19H26N6O2. The molecule has 1 saturated carbocycles. The van der Waals surface area contributed by atoms with Crippen LogP contribution in [0, 0.1) is 0 Å². The smallest absolute Gasteiger partial charge is 0.224 e. The lowest BCUT2D eigenvalue weighted by Gasteiger charge is -2.28.